The van der Waals surface area contributed by atoms with Crippen molar-refractivity contribution in [1.29, 1.82) is 0 Å². The van der Waals surface area contributed by atoms with Crippen LogP contribution in [0, 0.1) is 18.8 Å². The van der Waals surface area contributed by atoms with E-state index in [2.05, 4.69) is 11.8 Å². The molecular formula is C27H34O8S. The van der Waals surface area contributed by atoms with Gasteiger partial charge >= 0.3 is 5.97 Å². The van der Waals surface area contributed by atoms with Crippen LogP contribution in [-0.4, -0.2) is 67.2 Å². The highest BCUT2D eigenvalue weighted by Crippen LogP contribution is 2.13. The molecule has 0 aliphatic heterocycles. The normalized spacial score (nSPS) is 11.1. The van der Waals surface area contributed by atoms with Crippen LogP contribution in [0.4, 0.5) is 0 Å². The molecule has 196 valence electrons. The molecule has 0 aromatic heterocycles. The molecule has 2 aromatic carbocycles. The van der Waals surface area contributed by atoms with Crippen LogP contribution in [0.15, 0.2) is 53.4 Å². The molecule has 9 heteroatoms. The second-order valence-corrected chi connectivity index (χ2v) is 9.35. The molecule has 0 N–H and O–H groups in total. The van der Waals surface area contributed by atoms with Gasteiger partial charge in [-0.05, 0) is 43.7 Å². The van der Waals surface area contributed by atoms with Gasteiger partial charge in [0.1, 0.15) is 6.61 Å². The van der Waals surface area contributed by atoms with Crippen molar-refractivity contribution in [3.05, 3.63) is 65.2 Å². The first-order chi connectivity index (χ1) is 17.4. The Bertz CT molecular complexity index is 1080. The third-order valence-corrected chi connectivity index (χ3v) is 6.08. The maximum atomic E-state index is 12.0. The molecule has 0 aliphatic rings. The summed E-state index contributed by atoms with van der Waals surface area (Å²) in [4.78, 5) is 12.1. The number of esters is 1. The van der Waals surface area contributed by atoms with Gasteiger partial charge in [0.05, 0.1) is 56.7 Å². The fourth-order valence-electron chi connectivity index (χ4n) is 2.79. The zero-order valence-electron chi connectivity index (χ0n) is 20.9. The van der Waals surface area contributed by atoms with E-state index in [1.807, 2.05) is 19.9 Å². The summed E-state index contributed by atoms with van der Waals surface area (Å²) in [5.41, 5.74) is 2.17. The number of rotatable bonds is 16. The number of hydrogen-bond acceptors (Lipinski definition) is 8. The summed E-state index contributed by atoms with van der Waals surface area (Å²) in [5.74, 6) is 5.52. The van der Waals surface area contributed by atoms with Crippen molar-refractivity contribution in [1.82, 2.24) is 0 Å². The summed E-state index contributed by atoms with van der Waals surface area (Å²) in [6, 6.07) is 13.5. The van der Waals surface area contributed by atoms with Crippen LogP contribution < -0.4 is 0 Å². The first-order valence-corrected chi connectivity index (χ1v) is 13.3. The predicted octanol–water partition coefficient (Wildman–Crippen LogP) is 3.76. The number of aryl methyl sites for hydroxylation is 1. The zero-order chi connectivity index (χ0) is 26.1. The van der Waals surface area contributed by atoms with Crippen molar-refractivity contribution < 1.29 is 36.3 Å². The van der Waals surface area contributed by atoms with Crippen LogP contribution in [0.25, 0.3) is 0 Å². The van der Waals surface area contributed by atoms with Gasteiger partial charge in [-0.3, -0.25) is 4.18 Å². The molecule has 0 aliphatic carbocycles. The molecule has 0 heterocycles. The number of ether oxygens (including phenoxy) is 4. The van der Waals surface area contributed by atoms with Gasteiger partial charge in [-0.1, -0.05) is 48.9 Å². The van der Waals surface area contributed by atoms with Crippen molar-refractivity contribution in [2.24, 2.45) is 0 Å². The Balaban J connectivity index is 1.50. The van der Waals surface area contributed by atoms with Crippen LogP contribution in [-0.2, 0) is 33.2 Å². The van der Waals surface area contributed by atoms with Crippen molar-refractivity contribution in [3.8, 4) is 11.8 Å². The van der Waals surface area contributed by atoms with E-state index in [0.717, 1.165) is 18.4 Å². The highest BCUT2D eigenvalue weighted by Gasteiger charge is 2.14. The Hall–Kier alpha value is -2.74. The first-order valence-electron chi connectivity index (χ1n) is 11.9. The minimum Gasteiger partial charge on any atom is -0.462 e. The lowest BCUT2D eigenvalue weighted by Gasteiger charge is -2.07. The summed E-state index contributed by atoms with van der Waals surface area (Å²) in [6.07, 6.45) is 1.81. The monoisotopic (exact) mass is 518 g/mol. The molecular weight excluding hydrogens is 484 g/mol. The van der Waals surface area contributed by atoms with Gasteiger partial charge in [-0.2, -0.15) is 8.42 Å². The molecule has 0 saturated carbocycles. The van der Waals surface area contributed by atoms with E-state index in [4.69, 9.17) is 23.1 Å². The standard InChI is InChI=1S/C27H34O8S/c1-3-4-15-34-27(28)25-9-5-7-24(22-25)8-6-14-31-16-17-32-18-19-33-20-21-35-36(29,30)26-12-10-23(2)11-13-26/h5,7,9-13,22H,3-4,14-21H2,1-2H3. The van der Waals surface area contributed by atoms with Gasteiger partial charge in [0.2, 0.25) is 0 Å². The van der Waals surface area contributed by atoms with Crippen LogP contribution in [0.1, 0.15) is 41.3 Å². The minimum absolute atomic E-state index is 0.0685. The fraction of sp³-hybridized carbons (Fsp3) is 0.444. The minimum atomic E-state index is -3.78. The van der Waals surface area contributed by atoms with E-state index in [-0.39, 0.29) is 30.7 Å². The van der Waals surface area contributed by atoms with E-state index in [1.54, 1.807) is 30.3 Å². The number of carbonyl (C=O) groups excluding carboxylic acids is 1. The molecule has 0 atom stereocenters. The SMILES string of the molecule is CCCCOC(=O)c1cccc(C#CCOCCOCCOCCOS(=O)(=O)c2ccc(C)cc2)c1. The molecule has 0 spiro atoms. The quantitative estimate of drug-likeness (QED) is 0.143. The van der Waals surface area contributed by atoms with Crippen molar-refractivity contribution in [2.75, 3.05) is 52.9 Å². The summed E-state index contributed by atoms with van der Waals surface area (Å²) in [7, 11) is -3.78. The number of carbonyl (C=O) groups is 1. The maximum Gasteiger partial charge on any atom is 0.338 e. The van der Waals surface area contributed by atoms with E-state index in [1.165, 1.54) is 12.1 Å². The lowest BCUT2D eigenvalue weighted by atomic mass is 10.1. The van der Waals surface area contributed by atoms with Crippen LogP contribution >= 0.6 is 0 Å². The summed E-state index contributed by atoms with van der Waals surface area (Å²) in [5, 5.41) is 0. The smallest absolute Gasteiger partial charge is 0.338 e. The van der Waals surface area contributed by atoms with Crippen LogP contribution in [0.5, 0.6) is 0 Å². The van der Waals surface area contributed by atoms with Gasteiger partial charge in [0, 0.05) is 5.56 Å². The average molecular weight is 519 g/mol. The van der Waals surface area contributed by atoms with Gasteiger partial charge in [0.15, 0.2) is 0 Å². The van der Waals surface area contributed by atoms with E-state index < -0.39 is 10.1 Å². The Kier molecular flexibility index (Phi) is 13.8. The van der Waals surface area contributed by atoms with E-state index in [9.17, 15) is 13.2 Å². The molecule has 0 unspecified atom stereocenters. The Morgan fingerprint density at radius 1 is 0.861 bits per heavy atom. The van der Waals surface area contributed by atoms with E-state index >= 15 is 0 Å². The van der Waals surface area contributed by atoms with Gasteiger partial charge < -0.3 is 18.9 Å². The van der Waals surface area contributed by atoms with Gasteiger partial charge in [-0.15, -0.1) is 0 Å². The predicted molar refractivity (Wildman–Crippen MR) is 135 cm³/mol. The maximum absolute atomic E-state index is 12.0. The van der Waals surface area contributed by atoms with E-state index in [0.29, 0.717) is 44.2 Å². The largest absolute Gasteiger partial charge is 0.462 e. The topological polar surface area (TPSA) is 97.4 Å². The summed E-state index contributed by atoms with van der Waals surface area (Å²) in [6.45, 7) is 6.05. The fourth-order valence-corrected chi connectivity index (χ4v) is 3.69. The molecule has 0 amide bonds. The Morgan fingerprint density at radius 3 is 2.22 bits per heavy atom. The molecule has 0 fully saturated rings. The number of benzene rings is 2. The first kappa shape index (κ1) is 29.5. The molecule has 0 bridgehead atoms. The molecule has 0 radical (unpaired) electrons. The third-order valence-electron chi connectivity index (χ3n) is 4.76. The summed E-state index contributed by atoms with van der Waals surface area (Å²) < 4.78 is 50.4. The number of unbranched alkanes of at least 4 members (excludes halogenated alkanes) is 1. The van der Waals surface area contributed by atoms with Gasteiger partial charge in [-0.25, -0.2) is 4.79 Å². The zero-order valence-corrected chi connectivity index (χ0v) is 21.7. The van der Waals surface area contributed by atoms with Crippen molar-refractivity contribution in [2.45, 2.75) is 31.6 Å². The molecule has 8 nitrogen and oxygen atoms in total. The van der Waals surface area contributed by atoms with Gasteiger partial charge in [0.25, 0.3) is 10.1 Å². The van der Waals surface area contributed by atoms with Crippen LogP contribution in [0.2, 0.25) is 0 Å². The van der Waals surface area contributed by atoms with Crippen LogP contribution in [0.3, 0.4) is 0 Å². The molecule has 36 heavy (non-hydrogen) atoms. The second-order valence-electron chi connectivity index (χ2n) is 7.74. The van der Waals surface area contributed by atoms with Crippen molar-refractivity contribution in [3.63, 3.8) is 0 Å². The Morgan fingerprint density at radius 2 is 1.53 bits per heavy atom. The molecule has 2 aromatic rings. The lowest BCUT2D eigenvalue weighted by molar-refractivity contribution is 0.0146. The Labute approximate surface area is 214 Å². The number of hydrogen-bond donors (Lipinski definition) is 0. The highest BCUT2D eigenvalue weighted by atomic mass is 32.2. The summed E-state index contributed by atoms with van der Waals surface area (Å²) >= 11 is 0. The molecule has 2 rings (SSSR count). The lowest BCUT2D eigenvalue weighted by Crippen LogP contribution is -2.14. The van der Waals surface area contributed by atoms with Crippen molar-refractivity contribution >= 4 is 16.1 Å². The average Bonchev–Trinajstić information content (AvgIpc) is 2.87. The molecule has 0 saturated heterocycles. The highest BCUT2D eigenvalue weighted by molar-refractivity contribution is 7.86. The third kappa shape index (κ3) is 11.8. The second kappa shape index (κ2) is 16.8.